The Morgan fingerprint density at radius 2 is 1.90 bits per heavy atom. The Labute approximate surface area is 129 Å². The number of nitrogens with one attached hydrogen (secondary N) is 3. The SMILES string of the molecule is O=C(NNC(=S)NC(=O)c1cccs1)c1cccc(O)c1. The van der Waals surface area contributed by atoms with E-state index in [0.717, 1.165) is 0 Å². The van der Waals surface area contributed by atoms with Crippen molar-refractivity contribution in [2.24, 2.45) is 0 Å². The lowest BCUT2D eigenvalue weighted by molar-refractivity contribution is 0.0935. The van der Waals surface area contributed by atoms with E-state index < -0.39 is 5.91 Å². The molecule has 0 fully saturated rings. The van der Waals surface area contributed by atoms with E-state index in [0.29, 0.717) is 4.88 Å². The highest BCUT2D eigenvalue weighted by Crippen LogP contribution is 2.10. The van der Waals surface area contributed by atoms with Gasteiger partial charge in [-0.3, -0.25) is 25.8 Å². The molecule has 0 radical (unpaired) electrons. The third-order valence-corrected chi connectivity index (χ3v) is 3.44. The predicted octanol–water partition coefficient (Wildman–Crippen LogP) is 1.40. The van der Waals surface area contributed by atoms with Crippen LogP contribution in [-0.4, -0.2) is 22.0 Å². The van der Waals surface area contributed by atoms with Crippen molar-refractivity contribution in [1.82, 2.24) is 16.2 Å². The summed E-state index contributed by atoms with van der Waals surface area (Å²) in [6, 6.07) is 9.25. The van der Waals surface area contributed by atoms with Crippen molar-refractivity contribution >= 4 is 40.5 Å². The predicted molar refractivity (Wildman–Crippen MR) is 83.1 cm³/mol. The zero-order valence-corrected chi connectivity index (χ0v) is 12.3. The van der Waals surface area contributed by atoms with Gasteiger partial charge in [-0.15, -0.1) is 11.3 Å². The topological polar surface area (TPSA) is 90.5 Å². The van der Waals surface area contributed by atoms with Gasteiger partial charge in [0.1, 0.15) is 5.75 Å². The van der Waals surface area contributed by atoms with Gasteiger partial charge in [-0.25, -0.2) is 0 Å². The largest absolute Gasteiger partial charge is 0.508 e. The number of carbonyl (C=O) groups is 2. The molecule has 6 nitrogen and oxygen atoms in total. The normalized spacial score (nSPS) is 9.71. The summed E-state index contributed by atoms with van der Waals surface area (Å²) < 4.78 is 0. The number of hydrogen-bond acceptors (Lipinski definition) is 5. The maximum Gasteiger partial charge on any atom is 0.269 e. The second kappa shape index (κ2) is 6.82. The number of hydrazine groups is 1. The molecule has 0 saturated carbocycles. The monoisotopic (exact) mass is 321 g/mol. The molecule has 2 rings (SSSR count). The van der Waals surface area contributed by atoms with Gasteiger partial charge >= 0.3 is 0 Å². The van der Waals surface area contributed by atoms with Gasteiger partial charge in [-0.2, -0.15) is 0 Å². The molecule has 0 bridgehead atoms. The van der Waals surface area contributed by atoms with E-state index in [9.17, 15) is 14.7 Å². The van der Waals surface area contributed by atoms with Crippen LogP contribution in [0.15, 0.2) is 41.8 Å². The van der Waals surface area contributed by atoms with E-state index in [-0.39, 0.29) is 22.3 Å². The molecule has 108 valence electrons. The minimum atomic E-state index is -0.487. The molecule has 21 heavy (non-hydrogen) atoms. The summed E-state index contributed by atoms with van der Waals surface area (Å²) in [4.78, 5) is 24.0. The summed E-state index contributed by atoms with van der Waals surface area (Å²) in [5.74, 6) is -0.857. The molecule has 0 aliphatic carbocycles. The number of benzene rings is 1. The molecule has 8 heteroatoms. The summed E-state index contributed by atoms with van der Waals surface area (Å²) in [6.07, 6.45) is 0. The second-order valence-corrected chi connectivity index (χ2v) is 5.25. The number of aromatic hydroxyl groups is 1. The van der Waals surface area contributed by atoms with E-state index >= 15 is 0 Å². The number of phenolic OH excluding ortho intramolecular Hbond substituents is 1. The number of hydrogen-bond donors (Lipinski definition) is 4. The van der Waals surface area contributed by atoms with Crippen LogP contribution in [0, 0.1) is 0 Å². The quantitative estimate of drug-likeness (QED) is 0.496. The Morgan fingerprint density at radius 3 is 2.57 bits per heavy atom. The zero-order chi connectivity index (χ0) is 15.2. The van der Waals surface area contributed by atoms with Crippen molar-refractivity contribution in [1.29, 1.82) is 0 Å². The fraction of sp³-hybridized carbons (Fsp3) is 0. The molecular formula is C13H11N3O3S2. The van der Waals surface area contributed by atoms with Gasteiger partial charge in [-0.05, 0) is 41.9 Å². The smallest absolute Gasteiger partial charge is 0.269 e. The number of thiophene rings is 1. The van der Waals surface area contributed by atoms with Gasteiger partial charge in [0.2, 0.25) is 0 Å². The number of amides is 2. The molecule has 0 spiro atoms. The van der Waals surface area contributed by atoms with Crippen molar-refractivity contribution in [3.63, 3.8) is 0 Å². The van der Waals surface area contributed by atoms with Gasteiger partial charge in [0.05, 0.1) is 4.88 Å². The van der Waals surface area contributed by atoms with Crippen LogP contribution < -0.4 is 16.2 Å². The van der Waals surface area contributed by atoms with Crippen molar-refractivity contribution < 1.29 is 14.7 Å². The van der Waals surface area contributed by atoms with Gasteiger partial charge in [-0.1, -0.05) is 12.1 Å². The minimum Gasteiger partial charge on any atom is -0.508 e. The molecule has 4 N–H and O–H groups in total. The average Bonchev–Trinajstić information content (AvgIpc) is 2.99. The zero-order valence-electron chi connectivity index (χ0n) is 10.6. The fourth-order valence-corrected chi connectivity index (χ4v) is 2.20. The Hall–Kier alpha value is -2.45. The first kappa shape index (κ1) is 14.9. The van der Waals surface area contributed by atoms with E-state index in [1.165, 1.54) is 29.5 Å². The van der Waals surface area contributed by atoms with Gasteiger partial charge in [0.15, 0.2) is 5.11 Å². The highest BCUT2D eigenvalue weighted by molar-refractivity contribution is 7.80. The summed E-state index contributed by atoms with van der Waals surface area (Å²) in [5, 5.41) is 13.5. The summed E-state index contributed by atoms with van der Waals surface area (Å²) in [7, 11) is 0. The van der Waals surface area contributed by atoms with Gasteiger partial charge < -0.3 is 5.11 Å². The Kier molecular flexibility index (Phi) is 4.85. The lowest BCUT2D eigenvalue weighted by atomic mass is 10.2. The number of rotatable bonds is 2. The molecule has 0 atom stereocenters. The highest BCUT2D eigenvalue weighted by atomic mass is 32.1. The van der Waals surface area contributed by atoms with Crippen molar-refractivity contribution in [2.45, 2.75) is 0 Å². The maximum absolute atomic E-state index is 11.8. The van der Waals surface area contributed by atoms with Crippen LogP contribution in [0.1, 0.15) is 20.0 Å². The van der Waals surface area contributed by atoms with Crippen LogP contribution in [0.5, 0.6) is 5.75 Å². The van der Waals surface area contributed by atoms with Crippen molar-refractivity contribution in [2.75, 3.05) is 0 Å². The van der Waals surface area contributed by atoms with Crippen LogP contribution in [0.25, 0.3) is 0 Å². The minimum absolute atomic E-state index is 0.0174. The van der Waals surface area contributed by atoms with E-state index in [2.05, 4.69) is 16.2 Å². The Morgan fingerprint density at radius 1 is 1.10 bits per heavy atom. The summed E-state index contributed by atoms with van der Waals surface area (Å²) >= 11 is 6.18. The Bertz CT molecular complexity index is 671. The molecule has 1 aromatic carbocycles. The van der Waals surface area contributed by atoms with Crippen LogP contribution in [0.4, 0.5) is 0 Å². The van der Waals surface area contributed by atoms with Crippen LogP contribution in [0.2, 0.25) is 0 Å². The molecule has 2 amide bonds. The van der Waals surface area contributed by atoms with E-state index in [4.69, 9.17) is 12.2 Å². The average molecular weight is 321 g/mol. The van der Waals surface area contributed by atoms with E-state index in [1.54, 1.807) is 23.6 Å². The second-order valence-electron chi connectivity index (χ2n) is 3.89. The van der Waals surface area contributed by atoms with Crippen LogP contribution in [0.3, 0.4) is 0 Å². The lowest BCUT2D eigenvalue weighted by Crippen LogP contribution is -2.48. The molecule has 0 aliphatic rings. The molecular weight excluding hydrogens is 310 g/mol. The first-order valence-electron chi connectivity index (χ1n) is 5.80. The molecule has 1 heterocycles. The summed E-state index contributed by atoms with van der Waals surface area (Å²) in [6.45, 7) is 0. The summed E-state index contributed by atoms with van der Waals surface area (Å²) in [5.41, 5.74) is 5.00. The Balaban J connectivity index is 1.84. The molecule has 0 aliphatic heterocycles. The molecule has 0 unspecified atom stereocenters. The van der Waals surface area contributed by atoms with Crippen molar-refractivity contribution in [3.8, 4) is 5.75 Å². The number of thiocarbonyl (C=S) groups is 1. The van der Waals surface area contributed by atoms with E-state index in [1.807, 2.05) is 0 Å². The third-order valence-electron chi connectivity index (χ3n) is 2.37. The van der Waals surface area contributed by atoms with Gasteiger partial charge in [0.25, 0.3) is 11.8 Å². The maximum atomic E-state index is 11.8. The van der Waals surface area contributed by atoms with Gasteiger partial charge in [0, 0.05) is 5.56 Å². The standard InChI is InChI=1S/C13H11N3O3S2/c17-9-4-1-3-8(7-9)11(18)15-16-13(20)14-12(19)10-5-2-6-21-10/h1-7,17H,(H,15,18)(H2,14,16,19,20). The first-order valence-corrected chi connectivity index (χ1v) is 7.09. The fourth-order valence-electron chi connectivity index (χ4n) is 1.44. The van der Waals surface area contributed by atoms with Crippen molar-refractivity contribution in [3.05, 3.63) is 52.2 Å². The molecule has 1 aromatic heterocycles. The lowest BCUT2D eigenvalue weighted by Gasteiger charge is -2.10. The van der Waals surface area contributed by atoms with Crippen LogP contribution in [-0.2, 0) is 0 Å². The molecule has 2 aromatic rings. The molecule has 0 saturated heterocycles. The first-order chi connectivity index (χ1) is 10.1. The highest BCUT2D eigenvalue weighted by Gasteiger charge is 2.10. The number of carbonyl (C=O) groups excluding carboxylic acids is 2. The number of phenols is 1. The third kappa shape index (κ3) is 4.26. The van der Waals surface area contributed by atoms with Crippen LogP contribution >= 0.6 is 23.6 Å².